The van der Waals surface area contributed by atoms with Gasteiger partial charge in [0.2, 0.25) is 0 Å². The van der Waals surface area contributed by atoms with Gasteiger partial charge in [-0.05, 0) is 25.5 Å². The van der Waals surface area contributed by atoms with Crippen LogP contribution in [0, 0.1) is 6.92 Å². The minimum Gasteiger partial charge on any atom is -0.484 e. The second-order valence-corrected chi connectivity index (χ2v) is 5.42. The molecule has 0 aromatic carbocycles. The molecule has 0 bridgehead atoms. The second kappa shape index (κ2) is 7.61. The summed E-state index contributed by atoms with van der Waals surface area (Å²) >= 11 is 0. The average Bonchev–Trinajstić information content (AvgIpc) is 3.28. The number of aryl methyl sites for hydroxylation is 2. The van der Waals surface area contributed by atoms with Crippen molar-refractivity contribution in [3.05, 3.63) is 59.1 Å². The summed E-state index contributed by atoms with van der Waals surface area (Å²) in [7, 11) is 0. The highest BCUT2D eigenvalue weighted by Gasteiger charge is 2.14. The van der Waals surface area contributed by atoms with Gasteiger partial charge in [-0.25, -0.2) is 0 Å². The van der Waals surface area contributed by atoms with Gasteiger partial charge in [0.1, 0.15) is 12.4 Å². The number of nitrogens with zero attached hydrogens (tertiary/aromatic N) is 3. The van der Waals surface area contributed by atoms with Crippen LogP contribution in [0.5, 0.6) is 5.75 Å². The third-order valence-corrected chi connectivity index (χ3v) is 3.45. The third-order valence-electron chi connectivity index (χ3n) is 3.45. The van der Waals surface area contributed by atoms with Crippen molar-refractivity contribution < 1.29 is 18.6 Å². The van der Waals surface area contributed by atoms with Crippen LogP contribution in [0.15, 0.2) is 39.5 Å². The number of aromatic nitrogens is 3. The monoisotopic (exact) mass is 342 g/mol. The smallest absolute Gasteiger partial charge is 0.273 e. The van der Waals surface area contributed by atoms with Gasteiger partial charge in [0.05, 0.1) is 18.4 Å². The normalized spacial score (nSPS) is 10.6. The molecule has 3 rings (SSSR count). The summed E-state index contributed by atoms with van der Waals surface area (Å²) in [6, 6.07) is 7.00. The quantitative estimate of drug-likeness (QED) is 0.703. The fraction of sp³-hybridized carbons (Fsp3) is 0.294. The molecule has 0 atom stereocenters. The Balaban J connectivity index is 1.51. The van der Waals surface area contributed by atoms with Crippen LogP contribution >= 0.6 is 0 Å². The molecule has 0 spiro atoms. The summed E-state index contributed by atoms with van der Waals surface area (Å²) in [6.07, 6.45) is 2.40. The van der Waals surface area contributed by atoms with Gasteiger partial charge < -0.3 is 19.1 Å². The van der Waals surface area contributed by atoms with Gasteiger partial charge in [-0.2, -0.15) is 0 Å². The molecule has 0 saturated carbocycles. The van der Waals surface area contributed by atoms with E-state index < -0.39 is 0 Å². The van der Waals surface area contributed by atoms with E-state index in [1.54, 1.807) is 12.3 Å². The number of pyridine rings is 1. The van der Waals surface area contributed by atoms with Gasteiger partial charge in [-0.3, -0.25) is 9.78 Å². The second-order valence-electron chi connectivity index (χ2n) is 5.42. The molecule has 0 unspecified atom stereocenters. The first-order valence-corrected chi connectivity index (χ1v) is 7.87. The van der Waals surface area contributed by atoms with Crippen molar-refractivity contribution in [1.82, 2.24) is 20.6 Å². The molecule has 0 aliphatic rings. The predicted octanol–water partition coefficient (Wildman–Crippen LogP) is 2.44. The number of carbonyl (C=O) groups excluding carboxylic acids is 1. The lowest BCUT2D eigenvalue weighted by Crippen LogP contribution is -2.22. The van der Waals surface area contributed by atoms with Crippen molar-refractivity contribution in [2.24, 2.45) is 0 Å². The zero-order chi connectivity index (χ0) is 17.6. The van der Waals surface area contributed by atoms with Crippen LogP contribution in [0.2, 0.25) is 0 Å². The topological polar surface area (TPSA) is 103 Å². The molecule has 0 radical (unpaired) electrons. The highest BCUT2D eigenvalue weighted by molar-refractivity contribution is 5.92. The van der Waals surface area contributed by atoms with Crippen LogP contribution < -0.4 is 10.1 Å². The van der Waals surface area contributed by atoms with E-state index in [9.17, 15) is 4.79 Å². The first-order valence-electron chi connectivity index (χ1n) is 7.87. The zero-order valence-electron chi connectivity index (χ0n) is 14.0. The van der Waals surface area contributed by atoms with Crippen molar-refractivity contribution in [1.29, 1.82) is 0 Å². The van der Waals surface area contributed by atoms with Crippen LogP contribution in [0.25, 0.3) is 0 Å². The molecule has 130 valence electrons. The first kappa shape index (κ1) is 16.7. The molecule has 1 N–H and O–H groups in total. The molecule has 0 aliphatic heterocycles. The summed E-state index contributed by atoms with van der Waals surface area (Å²) < 4.78 is 15.8. The molecule has 8 heteroatoms. The Morgan fingerprint density at radius 1 is 1.20 bits per heavy atom. The maximum absolute atomic E-state index is 12.1. The maximum Gasteiger partial charge on any atom is 0.273 e. The van der Waals surface area contributed by atoms with Crippen LogP contribution in [0.1, 0.15) is 40.3 Å². The summed E-state index contributed by atoms with van der Waals surface area (Å²) in [6.45, 7) is 4.27. The summed E-state index contributed by atoms with van der Waals surface area (Å²) in [5.41, 5.74) is 1.93. The van der Waals surface area contributed by atoms with Gasteiger partial charge in [0.15, 0.2) is 17.2 Å². The predicted molar refractivity (Wildman–Crippen MR) is 86.9 cm³/mol. The number of amides is 1. The molecule has 3 aromatic heterocycles. The van der Waals surface area contributed by atoms with Crippen LogP contribution in [0.4, 0.5) is 0 Å². The van der Waals surface area contributed by atoms with Crippen LogP contribution in [0.3, 0.4) is 0 Å². The fourth-order valence-corrected chi connectivity index (χ4v) is 2.05. The minimum absolute atomic E-state index is 0.160. The summed E-state index contributed by atoms with van der Waals surface area (Å²) in [4.78, 5) is 16.2. The lowest BCUT2D eigenvalue weighted by atomic mass is 10.3. The van der Waals surface area contributed by atoms with E-state index in [-0.39, 0.29) is 24.8 Å². The number of hydrogen-bond donors (Lipinski definition) is 1. The number of nitrogens with one attached hydrogen (secondary N) is 1. The first-order chi connectivity index (χ1) is 12.1. The number of ether oxygens (including phenoxy) is 1. The average molecular weight is 342 g/mol. The van der Waals surface area contributed by atoms with E-state index in [1.807, 2.05) is 26.0 Å². The molecule has 0 aliphatic carbocycles. The highest BCUT2D eigenvalue weighted by Crippen LogP contribution is 2.12. The van der Waals surface area contributed by atoms with Crippen molar-refractivity contribution in [2.75, 3.05) is 0 Å². The van der Waals surface area contributed by atoms with E-state index in [2.05, 4.69) is 20.6 Å². The maximum atomic E-state index is 12.1. The summed E-state index contributed by atoms with van der Waals surface area (Å²) in [5, 5.41) is 10.3. The largest absolute Gasteiger partial charge is 0.484 e. The molecule has 8 nitrogen and oxygen atoms in total. The van der Waals surface area contributed by atoms with Crippen molar-refractivity contribution >= 4 is 5.91 Å². The Labute approximate surface area is 144 Å². The van der Waals surface area contributed by atoms with E-state index in [4.69, 9.17) is 13.8 Å². The Morgan fingerprint density at radius 3 is 2.76 bits per heavy atom. The SMILES string of the molecule is CCc1cc(CNC(=O)c2cc(COc3ccc(C)nc3)on2)on1. The molecule has 0 saturated heterocycles. The van der Waals surface area contributed by atoms with Crippen molar-refractivity contribution in [3.63, 3.8) is 0 Å². The Hall–Kier alpha value is -3.16. The van der Waals surface area contributed by atoms with Crippen LogP contribution in [-0.2, 0) is 19.6 Å². The van der Waals surface area contributed by atoms with E-state index in [1.165, 1.54) is 6.07 Å². The Morgan fingerprint density at radius 2 is 2.04 bits per heavy atom. The fourth-order valence-electron chi connectivity index (χ4n) is 2.05. The van der Waals surface area contributed by atoms with Gasteiger partial charge in [0, 0.05) is 17.8 Å². The van der Waals surface area contributed by atoms with Gasteiger partial charge in [0.25, 0.3) is 5.91 Å². The van der Waals surface area contributed by atoms with Crippen LogP contribution in [-0.4, -0.2) is 21.2 Å². The van der Waals surface area contributed by atoms with Gasteiger partial charge in [-0.15, -0.1) is 0 Å². The zero-order valence-corrected chi connectivity index (χ0v) is 14.0. The van der Waals surface area contributed by atoms with Gasteiger partial charge >= 0.3 is 0 Å². The van der Waals surface area contributed by atoms with Gasteiger partial charge in [-0.1, -0.05) is 17.2 Å². The Kier molecular flexibility index (Phi) is 5.08. The molecule has 1 amide bonds. The number of carbonyl (C=O) groups is 1. The molecule has 0 fully saturated rings. The van der Waals surface area contributed by atoms with E-state index in [0.717, 1.165) is 17.8 Å². The minimum atomic E-state index is -0.360. The lowest BCUT2D eigenvalue weighted by molar-refractivity contribution is 0.0937. The molecular weight excluding hydrogens is 324 g/mol. The molecule has 25 heavy (non-hydrogen) atoms. The standard InChI is InChI=1S/C17H18N4O4/c1-3-12-6-14(24-20-12)9-19-17(22)16-7-15(25-21-16)10-23-13-5-4-11(2)18-8-13/h4-8H,3,9-10H2,1-2H3,(H,19,22). The third kappa shape index (κ3) is 4.43. The van der Waals surface area contributed by atoms with Crippen molar-refractivity contribution in [2.45, 2.75) is 33.4 Å². The highest BCUT2D eigenvalue weighted by atomic mass is 16.5. The van der Waals surface area contributed by atoms with Crippen molar-refractivity contribution in [3.8, 4) is 5.75 Å². The number of hydrogen-bond acceptors (Lipinski definition) is 7. The lowest BCUT2D eigenvalue weighted by Gasteiger charge is -2.02. The molecule has 3 heterocycles. The van der Waals surface area contributed by atoms with E-state index in [0.29, 0.717) is 17.3 Å². The van der Waals surface area contributed by atoms with E-state index >= 15 is 0 Å². The number of rotatable bonds is 7. The molecule has 3 aromatic rings. The Bertz CT molecular complexity index is 838. The molecular formula is C17H18N4O4. The summed E-state index contributed by atoms with van der Waals surface area (Å²) in [5.74, 6) is 1.29.